The van der Waals surface area contributed by atoms with E-state index in [-0.39, 0.29) is 0 Å². The fraction of sp³-hybridized carbons (Fsp3) is 0.600. The summed E-state index contributed by atoms with van der Waals surface area (Å²) >= 11 is 0. The molecule has 2 aromatic heterocycles. The predicted octanol–water partition coefficient (Wildman–Crippen LogP) is 2.47. The van der Waals surface area contributed by atoms with Crippen molar-refractivity contribution in [2.45, 2.75) is 39.3 Å². The summed E-state index contributed by atoms with van der Waals surface area (Å²) in [5.74, 6) is 5.53. The number of hydrogen-bond donors (Lipinski definition) is 0. The highest BCUT2D eigenvalue weighted by Crippen LogP contribution is 2.47. The molecule has 0 N–H and O–H groups in total. The van der Waals surface area contributed by atoms with Gasteiger partial charge in [0.2, 0.25) is 0 Å². The van der Waals surface area contributed by atoms with Gasteiger partial charge in [-0.3, -0.25) is 4.90 Å². The molecule has 2 atom stereocenters. The molecule has 0 radical (unpaired) electrons. The lowest BCUT2D eigenvalue weighted by Gasteiger charge is -2.14. The standard InChI is InChI=1S/C15H22N4O/c1-10-7-13(10)14-6-5-12(20-14)8-18(3)9-15-17-16-11(2)19(15)4/h5-6,10,13H,7-9H2,1-4H3/t10-,13+/m0/s1. The van der Waals surface area contributed by atoms with Crippen LogP contribution in [0.4, 0.5) is 0 Å². The van der Waals surface area contributed by atoms with Crippen molar-refractivity contribution in [2.24, 2.45) is 13.0 Å². The van der Waals surface area contributed by atoms with Crippen LogP contribution in [0.25, 0.3) is 0 Å². The second-order valence-corrected chi connectivity index (χ2v) is 6.02. The van der Waals surface area contributed by atoms with E-state index >= 15 is 0 Å². The Morgan fingerprint density at radius 2 is 2.10 bits per heavy atom. The number of nitrogens with zero attached hydrogens (tertiary/aromatic N) is 4. The minimum atomic E-state index is 0.649. The Bertz CT molecular complexity index is 601. The summed E-state index contributed by atoms with van der Waals surface area (Å²) in [6, 6.07) is 4.22. The zero-order valence-corrected chi connectivity index (χ0v) is 12.6. The van der Waals surface area contributed by atoms with Crippen molar-refractivity contribution in [3.8, 4) is 0 Å². The van der Waals surface area contributed by atoms with Crippen molar-refractivity contribution in [3.05, 3.63) is 35.3 Å². The molecule has 1 aliphatic carbocycles. The highest BCUT2D eigenvalue weighted by atomic mass is 16.3. The highest BCUT2D eigenvalue weighted by Gasteiger charge is 2.36. The summed E-state index contributed by atoms with van der Waals surface area (Å²) in [5.41, 5.74) is 0. The molecular formula is C15H22N4O. The van der Waals surface area contributed by atoms with Crippen molar-refractivity contribution in [1.29, 1.82) is 0 Å². The molecule has 5 nitrogen and oxygen atoms in total. The lowest BCUT2D eigenvalue weighted by Crippen LogP contribution is -2.19. The molecule has 2 heterocycles. The van der Waals surface area contributed by atoms with Gasteiger partial charge in [0.15, 0.2) is 0 Å². The Balaban J connectivity index is 1.59. The maximum Gasteiger partial charge on any atom is 0.146 e. The van der Waals surface area contributed by atoms with Crippen LogP contribution in [0.15, 0.2) is 16.5 Å². The van der Waals surface area contributed by atoms with Crippen molar-refractivity contribution in [2.75, 3.05) is 7.05 Å². The van der Waals surface area contributed by atoms with E-state index in [2.05, 4.69) is 41.2 Å². The van der Waals surface area contributed by atoms with E-state index in [0.29, 0.717) is 5.92 Å². The molecule has 1 aliphatic rings. The maximum absolute atomic E-state index is 5.94. The van der Waals surface area contributed by atoms with Gasteiger partial charge in [-0.1, -0.05) is 6.92 Å². The van der Waals surface area contributed by atoms with E-state index in [1.54, 1.807) is 0 Å². The van der Waals surface area contributed by atoms with Gasteiger partial charge in [0.1, 0.15) is 23.2 Å². The van der Waals surface area contributed by atoms with Crippen LogP contribution < -0.4 is 0 Å². The first-order valence-corrected chi connectivity index (χ1v) is 7.16. The van der Waals surface area contributed by atoms with Gasteiger partial charge >= 0.3 is 0 Å². The smallest absolute Gasteiger partial charge is 0.146 e. The van der Waals surface area contributed by atoms with Gasteiger partial charge in [-0.25, -0.2) is 0 Å². The van der Waals surface area contributed by atoms with Gasteiger partial charge in [-0.05, 0) is 38.4 Å². The Morgan fingerprint density at radius 1 is 1.35 bits per heavy atom. The van der Waals surface area contributed by atoms with Crippen LogP contribution in [0.2, 0.25) is 0 Å². The first-order valence-electron chi connectivity index (χ1n) is 7.16. The second kappa shape index (κ2) is 5.05. The molecule has 1 fully saturated rings. The molecule has 0 spiro atoms. The third-order valence-corrected chi connectivity index (χ3v) is 4.18. The molecule has 1 saturated carbocycles. The van der Waals surface area contributed by atoms with E-state index in [1.807, 2.05) is 18.5 Å². The summed E-state index contributed by atoms with van der Waals surface area (Å²) in [6.07, 6.45) is 1.26. The lowest BCUT2D eigenvalue weighted by atomic mass is 10.3. The van der Waals surface area contributed by atoms with Crippen LogP contribution in [0.5, 0.6) is 0 Å². The summed E-state index contributed by atoms with van der Waals surface area (Å²) in [6.45, 7) is 5.81. The van der Waals surface area contributed by atoms with Crippen LogP contribution in [0, 0.1) is 12.8 Å². The van der Waals surface area contributed by atoms with E-state index in [0.717, 1.165) is 42.2 Å². The Kier molecular flexibility index (Phi) is 3.38. The Morgan fingerprint density at radius 3 is 2.70 bits per heavy atom. The number of aromatic nitrogens is 3. The first kappa shape index (κ1) is 13.4. The van der Waals surface area contributed by atoms with E-state index in [9.17, 15) is 0 Å². The van der Waals surface area contributed by atoms with E-state index in [1.165, 1.54) is 6.42 Å². The number of rotatable bonds is 5. The SMILES string of the molecule is Cc1nnc(CN(C)Cc2ccc([C@@H]3C[C@@H]3C)o2)n1C. The number of furan rings is 1. The molecule has 3 rings (SSSR count). The molecule has 0 aromatic carbocycles. The lowest BCUT2D eigenvalue weighted by molar-refractivity contribution is 0.274. The largest absolute Gasteiger partial charge is 0.464 e. The summed E-state index contributed by atoms with van der Waals surface area (Å²) in [5, 5.41) is 8.27. The molecule has 0 unspecified atom stereocenters. The molecule has 2 aromatic rings. The molecule has 108 valence electrons. The molecule has 5 heteroatoms. The molecule has 0 amide bonds. The number of aryl methyl sites for hydroxylation is 1. The van der Waals surface area contributed by atoms with Crippen molar-refractivity contribution < 1.29 is 4.42 Å². The average molecular weight is 274 g/mol. The molecule has 0 saturated heterocycles. The molecule has 0 bridgehead atoms. The van der Waals surface area contributed by atoms with Gasteiger partial charge in [-0.2, -0.15) is 0 Å². The normalized spacial score (nSPS) is 21.6. The predicted molar refractivity (Wildman–Crippen MR) is 76.1 cm³/mol. The van der Waals surface area contributed by atoms with Crippen molar-refractivity contribution >= 4 is 0 Å². The Hall–Kier alpha value is -1.62. The molecule has 0 aliphatic heterocycles. The topological polar surface area (TPSA) is 47.1 Å². The van der Waals surface area contributed by atoms with Gasteiger partial charge in [0.05, 0.1) is 13.1 Å². The van der Waals surface area contributed by atoms with Crippen LogP contribution in [-0.2, 0) is 20.1 Å². The number of hydrogen-bond acceptors (Lipinski definition) is 4. The zero-order valence-electron chi connectivity index (χ0n) is 12.6. The van der Waals surface area contributed by atoms with Gasteiger partial charge < -0.3 is 8.98 Å². The van der Waals surface area contributed by atoms with Crippen LogP contribution >= 0.6 is 0 Å². The zero-order chi connectivity index (χ0) is 14.3. The fourth-order valence-corrected chi connectivity index (χ4v) is 2.55. The molecular weight excluding hydrogens is 252 g/mol. The fourth-order valence-electron chi connectivity index (χ4n) is 2.55. The van der Waals surface area contributed by atoms with Gasteiger partial charge in [-0.15, -0.1) is 10.2 Å². The maximum atomic E-state index is 5.94. The average Bonchev–Trinajstić information content (AvgIpc) is 2.81. The van der Waals surface area contributed by atoms with Crippen LogP contribution in [0.1, 0.15) is 42.4 Å². The second-order valence-electron chi connectivity index (χ2n) is 6.02. The van der Waals surface area contributed by atoms with Crippen molar-refractivity contribution in [1.82, 2.24) is 19.7 Å². The van der Waals surface area contributed by atoms with Crippen LogP contribution in [-0.4, -0.2) is 26.7 Å². The van der Waals surface area contributed by atoms with Crippen LogP contribution in [0.3, 0.4) is 0 Å². The minimum absolute atomic E-state index is 0.649. The summed E-state index contributed by atoms with van der Waals surface area (Å²) in [4.78, 5) is 2.20. The quantitative estimate of drug-likeness (QED) is 0.840. The summed E-state index contributed by atoms with van der Waals surface area (Å²) in [7, 11) is 4.07. The highest BCUT2D eigenvalue weighted by molar-refractivity contribution is 5.17. The Labute approximate surface area is 119 Å². The van der Waals surface area contributed by atoms with E-state index < -0.39 is 0 Å². The third-order valence-electron chi connectivity index (χ3n) is 4.18. The molecule has 20 heavy (non-hydrogen) atoms. The van der Waals surface area contributed by atoms with Gasteiger partial charge in [0.25, 0.3) is 0 Å². The van der Waals surface area contributed by atoms with Crippen molar-refractivity contribution in [3.63, 3.8) is 0 Å². The van der Waals surface area contributed by atoms with Gasteiger partial charge in [0, 0.05) is 13.0 Å². The van der Waals surface area contributed by atoms with E-state index in [4.69, 9.17) is 4.42 Å². The first-order chi connectivity index (χ1) is 9.54. The minimum Gasteiger partial charge on any atom is -0.464 e. The third kappa shape index (κ3) is 2.63. The summed E-state index contributed by atoms with van der Waals surface area (Å²) < 4.78 is 7.96. The monoisotopic (exact) mass is 274 g/mol.